The number of methoxy groups -OCH3 is 2. The molecule has 1 aromatic rings. The number of aliphatic imine (C=N–C) groups is 1. The smallest absolute Gasteiger partial charge is 0.195 e. The molecule has 0 saturated carbocycles. The van der Waals surface area contributed by atoms with Crippen molar-refractivity contribution in [2.75, 3.05) is 49.0 Å². The summed E-state index contributed by atoms with van der Waals surface area (Å²) >= 11 is 0. The van der Waals surface area contributed by atoms with Gasteiger partial charge >= 0.3 is 0 Å². The van der Waals surface area contributed by atoms with E-state index in [1.165, 1.54) is 0 Å². The molecule has 21 heavy (non-hydrogen) atoms. The van der Waals surface area contributed by atoms with Gasteiger partial charge in [0.2, 0.25) is 0 Å². The zero-order valence-corrected chi connectivity index (χ0v) is 13.6. The standard InChI is InChI=1S/C15H25N3O3/c1-17(2)15(18(3)4)16-10-13(19)12-9-11(20-5)7-8-14(12)21-6/h7-9,13,19H,10H2,1-6H3. The monoisotopic (exact) mass is 295 g/mol. The number of hydrogen-bond donors (Lipinski definition) is 1. The maximum Gasteiger partial charge on any atom is 0.195 e. The number of hydrogen-bond acceptors (Lipinski definition) is 4. The van der Waals surface area contributed by atoms with E-state index in [9.17, 15) is 5.11 Å². The summed E-state index contributed by atoms with van der Waals surface area (Å²) in [5, 5.41) is 10.4. The van der Waals surface area contributed by atoms with E-state index in [0.717, 1.165) is 5.96 Å². The first-order valence-electron chi connectivity index (χ1n) is 6.69. The van der Waals surface area contributed by atoms with Gasteiger partial charge in [0.1, 0.15) is 17.6 Å². The van der Waals surface area contributed by atoms with Crippen molar-refractivity contribution in [1.82, 2.24) is 9.80 Å². The van der Waals surface area contributed by atoms with Crippen LogP contribution in [0.4, 0.5) is 0 Å². The van der Waals surface area contributed by atoms with Crippen LogP contribution in [0.15, 0.2) is 23.2 Å². The van der Waals surface area contributed by atoms with E-state index < -0.39 is 6.10 Å². The van der Waals surface area contributed by atoms with Gasteiger partial charge in [0.05, 0.1) is 20.8 Å². The van der Waals surface area contributed by atoms with Gasteiger partial charge in [-0.15, -0.1) is 0 Å². The SMILES string of the molecule is COc1ccc(OC)c(C(O)CN=C(N(C)C)N(C)C)c1. The fourth-order valence-corrected chi connectivity index (χ4v) is 2.05. The first kappa shape index (κ1) is 17.1. The average molecular weight is 295 g/mol. The van der Waals surface area contributed by atoms with E-state index in [-0.39, 0.29) is 6.54 Å². The van der Waals surface area contributed by atoms with Crippen LogP contribution < -0.4 is 9.47 Å². The highest BCUT2D eigenvalue weighted by Gasteiger charge is 2.15. The maximum atomic E-state index is 10.4. The molecule has 0 spiro atoms. The Bertz CT molecular complexity index is 477. The quantitative estimate of drug-likeness (QED) is 0.654. The highest BCUT2D eigenvalue weighted by molar-refractivity contribution is 5.79. The molecule has 0 aliphatic carbocycles. The Kier molecular flexibility index (Phi) is 6.30. The van der Waals surface area contributed by atoms with Gasteiger partial charge < -0.3 is 24.4 Å². The zero-order valence-electron chi connectivity index (χ0n) is 13.6. The molecule has 0 aliphatic rings. The summed E-state index contributed by atoms with van der Waals surface area (Å²) in [5.41, 5.74) is 0.664. The zero-order chi connectivity index (χ0) is 16.0. The lowest BCUT2D eigenvalue weighted by Crippen LogP contribution is -2.35. The summed E-state index contributed by atoms with van der Waals surface area (Å²) < 4.78 is 10.5. The number of ether oxygens (including phenoxy) is 2. The van der Waals surface area contributed by atoms with Crippen molar-refractivity contribution >= 4 is 5.96 Å². The Labute approximate surface area is 126 Å². The summed E-state index contributed by atoms with van der Waals surface area (Å²) in [6.07, 6.45) is -0.759. The van der Waals surface area contributed by atoms with Crippen LogP contribution in [0, 0.1) is 0 Å². The van der Waals surface area contributed by atoms with E-state index in [4.69, 9.17) is 9.47 Å². The van der Waals surface area contributed by atoms with Crippen LogP contribution in [0.1, 0.15) is 11.7 Å². The van der Waals surface area contributed by atoms with Crippen LogP contribution in [0.3, 0.4) is 0 Å². The Morgan fingerprint density at radius 3 is 2.24 bits per heavy atom. The van der Waals surface area contributed by atoms with Crippen LogP contribution in [-0.4, -0.2) is 69.8 Å². The topological polar surface area (TPSA) is 57.5 Å². The highest BCUT2D eigenvalue weighted by Crippen LogP contribution is 2.29. The number of guanidine groups is 1. The van der Waals surface area contributed by atoms with E-state index in [0.29, 0.717) is 17.1 Å². The van der Waals surface area contributed by atoms with Crippen molar-refractivity contribution in [1.29, 1.82) is 0 Å². The Morgan fingerprint density at radius 2 is 1.76 bits per heavy atom. The number of benzene rings is 1. The summed E-state index contributed by atoms with van der Waals surface area (Å²) in [6, 6.07) is 5.34. The molecule has 6 nitrogen and oxygen atoms in total. The fourth-order valence-electron chi connectivity index (χ4n) is 2.05. The average Bonchev–Trinajstić information content (AvgIpc) is 2.45. The first-order chi connectivity index (χ1) is 9.90. The molecule has 1 aromatic carbocycles. The Balaban J connectivity index is 2.97. The van der Waals surface area contributed by atoms with Crippen molar-refractivity contribution < 1.29 is 14.6 Å². The number of rotatable bonds is 5. The van der Waals surface area contributed by atoms with Crippen LogP contribution >= 0.6 is 0 Å². The molecule has 0 heterocycles. The number of aliphatic hydroxyl groups is 1. The van der Waals surface area contributed by atoms with Crippen LogP contribution in [0.5, 0.6) is 11.5 Å². The molecule has 1 atom stereocenters. The second-order valence-electron chi connectivity index (χ2n) is 5.05. The van der Waals surface area contributed by atoms with E-state index >= 15 is 0 Å². The molecular formula is C15H25N3O3. The van der Waals surface area contributed by atoms with E-state index in [1.54, 1.807) is 32.4 Å². The summed E-state index contributed by atoms with van der Waals surface area (Å²) in [5.74, 6) is 2.08. The molecule has 0 fully saturated rings. The van der Waals surface area contributed by atoms with Gasteiger partial charge in [-0.3, -0.25) is 0 Å². The second kappa shape index (κ2) is 7.73. The summed E-state index contributed by atoms with van der Waals surface area (Å²) in [4.78, 5) is 8.25. The summed E-state index contributed by atoms with van der Waals surface area (Å²) in [6.45, 7) is 0.245. The van der Waals surface area contributed by atoms with Gasteiger partial charge in [-0.1, -0.05) is 0 Å². The predicted octanol–water partition coefficient (Wildman–Crippen LogP) is 1.22. The highest BCUT2D eigenvalue weighted by atomic mass is 16.5. The van der Waals surface area contributed by atoms with Crippen LogP contribution in [-0.2, 0) is 0 Å². The molecule has 1 N–H and O–H groups in total. The van der Waals surface area contributed by atoms with Crippen LogP contribution in [0.2, 0.25) is 0 Å². The van der Waals surface area contributed by atoms with Crippen LogP contribution in [0.25, 0.3) is 0 Å². The Morgan fingerprint density at radius 1 is 1.14 bits per heavy atom. The van der Waals surface area contributed by atoms with E-state index in [2.05, 4.69) is 4.99 Å². The van der Waals surface area contributed by atoms with Crippen molar-refractivity contribution in [2.45, 2.75) is 6.10 Å². The van der Waals surface area contributed by atoms with Crippen molar-refractivity contribution in [3.8, 4) is 11.5 Å². The molecule has 6 heteroatoms. The number of nitrogens with zero attached hydrogens (tertiary/aromatic N) is 3. The van der Waals surface area contributed by atoms with Crippen molar-refractivity contribution in [3.63, 3.8) is 0 Å². The molecule has 1 rings (SSSR count). The van der Waals surface area contributed by atoms with Gasteiger partial charge in [-0.2, -0.15) is 0 Å². The third-order valence-corrected chi connectivity index (χ3v) is 3.00. The van der Waals surface area contributed by atoms with E-state index in [1.807, 2.05) is 38.0 Å². The predicted molar refractivity (Wildman–Crippen MR) is 84.2 cm³/mol. The molecule has 0 aliphatic heterocycles. The third-order valence-electron chi connectivity index (χ3n) is 3.00. The second-order valence-corrected chi connectivity index (χ2v) is 5.05. The minimum atomic E-state index is -0.759. The van der Waals surface area contributed by atoms with Gasteiger partial charge in [-0.25, -0.2) is 4.99 Å². The van der Waals surface area contributed by atoms with Gasteiger partial charge in [-0.05, 0) is 18.2 Å². The van der Waals surface area contributed by atoms with Gasteiger partial charge in [0.25, 0.3) is 0 Å². The Hall–Kier alpha value is -1.95. The lowest BCUT2D eigenvalue weighted by atomic mass is 10.1. The summed E-state index contributed by atoms with van der Waals surface area (Å²) in [7, 11) is 10.8. The third kappa shape index (κ3) is 4.53. The molecule has 118 valence electrons. The molecule has 1 unspecified atom stereocenters. The molecule has 0 aromatic heterocycles. The van der Waals surface area contributed by atoms with Gasteiger partial charge in [0.15, 0.2) is 5.96 Å². The first-order valence-corrected chi connectivity index (χ1v) is 6.69. The minimum Gasteiger partial charge on any atom is -0.497 e. The molecule has 0 radical (unpaired) electrons. The lowest BCUT2D eigenvalue weighted by molar-refractivity contribution is 0.181. The van der Waals surface area contributed by atoms with Crippen molar-refractivity contribution in [3.05, 3.63) is 23.8 Å². The van der Waals surface area contributed by atoms with Crippen molar-refractivity contribution in [2.24, 2.45) is 4.99 Å². The number of aliphatic hydroxyl groups excluding tert-OH is 1. The lowest BCUT2D eigenvalue weighted by Gasteiger charge is -2.23. The molecule has 0 saturated heterocycles. The fraction of sp³-hybridized carbons (Fsp3) is 0.533. The largest absolute Gasteiger partial charge is 0.497 e. The maximum absolute atomic E-state index is 10.4. The minimum absolute atomic E-state index is 0.245. The molecular weight excluding hydrogens is 270 g/mol. The van der Waals surface area contributed by atoms with Gasteiger partial charge in [0, 0.05) is 33.8 Å². The molecule has 0 bridgehead atoms. The molecule has 0 amide bonds. The normalized spacial score (nSPS) is 11.6.